The molecule has 0 radical (unpaired) electrons. The van der Waals surface area contributed by atoms with Gasteiger partial charge in [0, 0.05) is 29.6 Å². The highest BCUT2D eigenvalue weighted by Gasteiger charge is 2.39. The lowest BCUT2D eigenvalue weighted by Crippen LogP contribution is -2.52. The number of aliphatic carboxylic acids is 1. The normalized spacial score (nSPS) is 19.3. The molecule has 0 bridgehead atoms. The van der Waals surface area contributed by atoms with Crippen molar-refractivity contribution >= 4 is 29.6 Å². The molecule has 9 nitrogen and oxygen atoms in total. The number of carboxylic acids is 1. The molecule has 2 aliphatic heterocycles. The van der Waals surface area contributed by atoms with Crippen molar-refractivity contribution in [1.29, 1.82) is 0 Å². The first-order valence-electron chi connectivity index (χ1n) is 8.89. The lowest BCUT2D eigenvalue weighted by molar-refractivity contribution is -0.139. The van der Waals surface area contributed by atoms with Gasteiger partial charge < -0.3 is 15.3 Å². The van der Waals surface area contributed by atoms with Crippen molar-refractivity contribution in [2.45, 2.75) is 51.2 Å². The van der Waals surface area contributed by atoms with Crippen LogP contribution in [-0.4, -0.2) is 51.2 Å². The van der Waals surface area contributed by atoms with Crippen LogP contribution in [0, 0.1) is 0 Å². The van der Waals surface area contributed by atoms with E-state index >= 15 is 0 Å². The van der Waals surface area contributed by atoms with Gasteiger partial charge in [0.1, 0.15) is 6.04 Å². The molecule has 148 valence electrons. The molecule has 1 aromatic rings. The molecule has 2 aliphatic rings. The minimum atomic E-state index is -1.03. The van der Waals surface area contributed by atoms with E-state index < -0.39 is 29.4 Å². The summed E-state index contributed by atoms with van der Waals surface area (Å²) in [6, 6.07) is 3.95. The molecule has 1 aromatic carbocycles. The molecule has 9 heteroatoms. The quantitative estimate of drug-likeness (QED) is 0.628. The number of carbonyl (C=O) groups is 5. The lowest BCUT2D eigenvalue weighted by atomic mass is 9.99. The Morgan fingerprint density at radius 2 is 2.00 bits per heavy atom. The molecule has 0 aliphatic carbocycles. The van der Waals surface area contributed by atoms with Crippen LogP contribution in [0.2, 0.25) is 0 Å². The predicted octanol–water partition coefficient (Wildman–Crippen LogP) is 0.431. The molecular formula is C19H21N3O6. The number of imide groups is 1. The smallest absolute Gasteiger partial charge is 0.305 e. The summed E-state index contributed by atoms with van der Waals surface area (Å²) in [5.41, 5.74) is 0.296. The summed E-state index contributed by atoms with van der Waals surface area (Å²) in [4.78, 5) is 61.0. The van der Waals surface area contributed by atoms with Crippen LogP contribution in [0.5, 0.6) is 0 Å². The third-order valence-electron chi connectivity index (χ3n) is 4.84. The zero-order valence-electron chi connectivity index (χ0n) is 15.6. The second kappa shape index (κ2) is 7.06. The van der Waals surface area contributed by atoms with Crippen molar-refractivity contribution in [1.82, 2.24) is 15.5 Å². The standard InChI is InChI=1S/C19H21N3O6/c1-19(2,8-15(24)25)21-16(26)10-3-4-11-9-22(18(28)12(11)7-10)13-5-6-14(23)20-17(13)27/h3-4,7,13H,5-6,8-9H2,1-2H3,(H,21,26)(H,24,25)(H,20,23,27). The molecule has 4 amide bonds. The molecule has 28 heavy (non-hydrogen) atoms. The molecule has 0 spiro atoms. The second-order valence-electron chi connectivity index (χ2n) is 7.68. The minimum Gasteiger partial charge on any atom is -0.481 e. The van der Waals surface area contributed by atoms with E-state index in [1.807, 2.05) is 0 Å². The summed E-state index contributed by atoms with van der Waals surface area (Å²) in [7, 11) is 0. The van der Waals surface area contributed by atoms with Gasteiger partial charge in [-0.25, -0.2) is 0 Å². The van der Waals surface area contributed by atoms with E-state index in [-0.39, 0.29) is 43.2 Å². The van der Waals surface area contributed by atoms with Gasteiger partial charge in [-0.1, -0.05) is 6.07 Å². The molecule has 2 heterocycles. The van der Waals surface area contributed by atoms with E-state index in [2.05, 4.69) is 10.6 Å². The Hall–Kier alpha value is -3.23. The van der Waals surface area contributed by atoms with Crippen molar-refractivity contribution in [3.8, 4) is 0 Å². The third-order valence-corrected chi connectivity index (χ3v) is 4.84. The Morgan fingerprint density at radius 1 is 1.29 bits per heavy atom. The highest BCUT2D eigenvalue weighted by atomic mass is 16.4. The predicted molar refractivity (Wildman–Crippen MR) is 96.3 cm³/mol. The Kier molecular flexibility index (Phi) is 4.93. The maximum Gasteiger partial charge on any atom is 0.305 e. The minimum absolute atomic E-state index is 0.169. The molecule has 0 aromatic heterocycles. The fraction of sp³-hybridized carbons (Fsp3) is 0.421. The van der Waals surface area contributed by atoms with E-state index in [9.17, 15) is 24.0 Å². The molecule has 1 atom stereocenters. The molecule has 1 saturated heterocycles. The number of hydrogen-bond donors (Lipinski definition) is 3. The lowest BCUT2D eigenvalue weighted by Gasteiger charge is -2.29. The Morgan fingerprint density at radius 3 is 2.64 bits per heavy atom. The number of nitrogens with one attached hydrogen (secondary N) is 2. The fourth-order valence-corrected chi connectivity index (χ4v) is 3.50. The van der Waals surface area contributed by atoms with E-state index in [1.165, 1.54) is 11.0 Å². The van der Waals surface area contributed by atoms with Crippen LogP contribution in [0.15, 0.2) is 18.2 Å². The number of amides is 4. The molecule has 3 rings (SSSR count). The molecule has 1 fully saturated rings. The van der Waals surface area contributed by atoms with Gasteiger partial charge in [-0.2, -0.15) is 0 Å². The van der Waals surface area contributed by atoms with E-state index in [0.29, 0.717) is 11.1 Å². The van der Waals surface area contributed by atoms with Gasteiger partial charge in [-0.05, 0) is 38.0 Å². The fourth-order valence-electron chi connectivity index (χ4n) is 3.50. The van der Waals surface area contributed by atoms with Gasteiger partial charge in [-0.3, -0.25) is 29.3 Å². The van der Waals surface area contributed by atoms with Gasteiger partial charge in [0.05, 0.1) is 6.42 Å². The highest BCUT2D eigenvalue weighted by Crippen LogP contribution is 2.28. The van der Waals surface area contributed by atoms with Crippen molar-refractivity contribution in [3.05, 3.63) is 34.9 Å². The number of rotatable bonds is 5. The van der Waals surface area contributed by atoms with Gasteiger partial charge in [0.2, 0.25) is 11.8 Å². The average Bonchev–Trinajstić information content (AvgIpc) is 2.89. The van der Waals surface area contributed by atoms with Gasteiger partial charge in [-0.15, -0.1) is 0 Å². The first-order chi connectivity index (χ1) is 13.1. The Labute approximate surface area is 161 Å². The zero-order valence-corrected chi connectivity index (χ0v) is 15.6. The maximum absolute atomic E-state index is 12.8. The topological polar surface area (TPSA) is 133 Å². The summed E-state index contributed by atoms with van der Waals surface area (Å²) >= 11 is 0. The van der Waals surface area contributed by atoms with Gasteiger partial charge >= 0.3 is 5.97 Å². The van der Waals surface area contributed by atoms with E-state index in [1.54, 1.807) is 26.0 Å². The summed E-state index contributed by atoms with van der Waals surface area (Å²) in [5.74, 6) is -2.74. The maximum atomic E-state index is 12.8. The molecular weight excluding hydrogens is 366 g/mol. The SMILES string of the molecule is CC(C)(CC(=O)O)NC(=O)c1ccc2c(c1)C(=O)N(C1CCC(=O)NC1=O)C2. The number of hydrogen-bond acceptors (Lipinski definition) is 5. The van der Waals surface area contributed by atoms with Crippen LogP contribution in [0.3, 0.4) is 0 Å². The average molecular weight is 387 g/mol. The molecule has 1 unspecified atom stereocenters. The Bertz CT molecular complexity index is 892. The Balaban J connectivity index is 1.77. The third kappa shape index (κ3) is 3.88. The number of fused-ring (bicyclic) bond motifs is 1. The van der Waals surface area contributed by atoms with Gasteiger partial charge in [0.25, 0.3) is 11.8 Å². The zero-order chi connectivity index (χ0) is 20.6. The summed E-state index contributed by atoms with van der Waals surface area (Å²) in [5, 5.41) is 13.8. The summed E-state index contributed by atoms with van der Waals surface area (Å²) in [6.07, 6.45) is 0.190. The second-order valence-corrected chi connectivity index (χ2v) is 7.68. The largest absolute Gasteiger partial charge is 0.481 e. The number of carboxylic acid groups (broad SMARTS) is 1. The van der Waals surface area contributed by atoms with Crippen LogP contribution in [0.4, 0.5) is 0 Å². The van der Waals surface area contributed by atoms with Crippen molar-refractivity contribution in [2.24, 2.45) is 0 Å². The molecule has 0 saturated carbocycles. The summed E-state index contributed by atoms with van der Waals surface area (Å²) < 4.78 is 0. The van der Waals surface area contributed by atoms with Crippen LogP contribution < -0.4 is 10.6 Å². The highest BCUT2D eigenvalue weighted by molar-refractivity contribution is 6.06. The van der Waals surface area contributed by atoms with Crippen LogP contribution in [-0.2, 0) is 20.9 Å². The van der Waals surface area contributed by atoms with Crippen LogP contribution in [0.25, 0.3) is 0 Å². The number of piperidine rings is 1. The molecule has 3 N–H and O–H groups in total. The first-order valence-corrected chi connectivity index (χ1v) is 8.89. The van der Waals surface area contributed by atoms with Crippen molar-refractivity contribution < 1.29 is 29.1 Å². The van der Waals surface area contributed by atoms with Crippen molar-refractivity contribution in [2.75, 3.05) is 0 Å². The van der Waals surface area contributed by atoms with E-state index in [0.717, 1.165) is 0 Å². The summed E-state index contributed by atoms with van der Waals surface area (Å²) in [6.45, 7) is 3.43. The van der Waals surface area contributed by atoms with E-state index in [4.69, 9.17) is 5.11 Å². The van der Waals surface area contributed by atoms with Gasteiger partial charge in [0.15, 0.2) is 0 Å². The van der Waals surface area contributed by atoms with Crippen LogP contribution in [0.1, 0.15) is 59.4 Å². The number of nitrogens with zero attached hydrogens (tertiary/aromatic N) is 1. The number of carbonyl (C=O) groups excluding carboxylic acids is 4. The van der Waals surface area contributed by atoms with Crippen molar-refractivity contribution in [3.63, 3.8) is 0 Å². The monoisotopic (exact) mass is 387 g/mol. The first kappa shape index (κ1) is 19.5. The number of benzene rings is 1. The van der Waals surface area contributed by atoms with Crippen LogP contribution >= 0.6 is 0 Å².